The molecule has 20 heteroatoms. The van der Waals surface area contributed by atoms with Crippen molar-refractivity contribution in [1.29, 1.82) is 0 Å². The van der Waals surface area contributed by atoms with E-state index in [9.17, 15) is 29.1 Å². The fraction of sp³-hybridized carbons (Fsp3) is 0.560. The summed E-state index contributed by atoms with van der Waals surface area (Å²) in [6, 6.07) is -0.933. The Morgan fingerprint density at radius 3 is 2.76 bits per heavy atom. The number of thiazole rings is 1. The number of carboxylic acid groups (broad SMARTS) is 1. The highest BCUT2D eigenvalue weighted by Crippen LogP contribution is 2.44. The van der Waals surface area contributed by atoms with E-state index in [2.05, 4.69) is 36.3 Å². The maximum Gasteiger partial charge on any atom is 0.407 e. The predicted octanol–water partition coefficient (Wildman–Crippen LogP) is 1.85. The molecule has 2 fully saturated rings. The molecule has 45 heavy (non-hydrogen) atoms. The Hall–Kier alpha value is -3.49. The van der Waals surface area contributed by atoms with Crippen LogP contribution in [0, 0.1) is 5.41 Å². The summed E-state index contributed by atoms with van der Waals surface area (Å²) >= 11 is 4.90. The zero-order valence-corrected chi connectivity index (χ0v) is 27.9. The van der Waals surface area contributed by atoms with Crippen molar-refractivity contribution in [3.05, 3.63) is 16.6 Å². The number of nitrogens with one attached hydrogen (secondary N) is 3. The van der Waals surface area contributed by atoms with Gasteiger partial charge in [-0.3, -0.25) is 19.2 Å². The summed E-state index contributed by atoms with van der Waals surface area (Å²) in [5, 5.41) is 30.8. The van der Waals surface area contributed by atoms with Gasteiger partial charge < -0.3 is 35.5 Å². The summed E-state index contributed by atoms with van der Waals surface area (Å²) in [4.78, 5) is 73.2. The zero-order valence-electron chi connectivity index (χ0n) is 24.7. The molecule has 2 aliphatic heterocycles. The molecule has 0 aromatic carbocycles. The van der Waals surface area contributed by atoms with Gasteiger partial charge in [0, 0.05) is 23.4 Å². The molecule has 4 heterocycles. The molecule has 0 aliphatic carbocycles. The van der Waals surface area contributed by atoms with Gasteiger partial charge in [-0.2, -0.15) is 0 Å². The lowest BCUT2D eigenvalue weighted by atomic mass is 9.89. The number of alkyl carbamates (subject to hydrolysis) is 1. The molecule has 4 atom stereocenters. The van der Waals surface area contributed by atoms with Gasteiger partial charge >= 0.3 is 12.1 Å². The number of aromatic nitrogens is 3. The quantitative estimate of drug-likeness (QED) is 0.0729. The third-order valence-electron chi connectivity index (χ3n) is 6.46. The number of hydrogen-bond donors (Lipinski definition) is 4. The van der Waals surface area contributed by atoms with E-state index in [0.29, 0.717) is 17.2 Å². The van der Waals surface area contributed by atoms with Crippen LogP contribution in [0.25, 0.3) is 0 Å². The molecule has 244 valence electrons. The maximum absolute atomic E-state index is 13.5. The summed E-state index contributed by atoms with van der Waals surface area (Å²) in [6.07, 6.45) is -0.417. The van der Waals surface area contributed by atoms with Crippen LogP contribution in [0.4, 0.5) is 9.93 Å². The number of thioether (sulfide) groups is 2. The van der Waals surface area contributed by atoms with Gasteiger partial charge in [0.1, 0.15) is 39.7 Å². The minimum atomic E-state index is -1.20. The molecule has 0 spiro atoms. The molecule has 3 unspecified atom stereocenters. The van der Waals surface area contributed by atoms with Crippen LogP contribution in [-0.4, -0.2) is 109 Å². The maximum atomic E-state index is 13.5. The number of aliphatic carboxylic acids is 1. The Balaban J connectivity index is 1.44. The number of ether oxygens (including phenoxy) is 1. The van der Waals surface area contributed by atoms with E-state index in [1.807, 2.05) is 0 Å². The molecule has 16 nitrogen and oxygen atoms in total. The van der Waals surface area contributed by atoms with Gasteiger partial charge in [0.25, 0.3) is 5.91 Å². The number of carbonyl (C=O) groups excluding carboxylic acids is 4. The monoisotopic (exact) mass is 700 g/mol. The van der Waals surface area contributed by atoms with Gasteiger partial charge in [-0.1, -0.05) is 35.2 Å². The molecule has 4 amide bonds. The normalized spacial score (nSPS) is 22.0. The summed E-state index contributed by atoms with van der Waals surface area (Å²) in [5.74, 6) is -1.79. The molecule has 2 saturated heterocycles. The Bertz CT molecular complexity index is 1430. The molecule has 0 bridgehead atoms. The van der Waals surface area contributed by atoms with Gasteiger partial charge in [-0.15, -0.1) is 33.3 Å². The highest BCUT2D eigenvalue weighted by molar-refractivity contribution is 8.01. The number of rotatable bonds is 14. The Kier molecular flexibility index (Phi) is 11.3. The number of anilines is 1. The number of nitrogens with zero attached hydrogens (tertiary/aromatic N) is 5. The second-order valence-corrected chi connectivity index (χ2v) is 15.0. The van der Waals surface area contributed by atoms with E-state index < -0.39 is 52.4 Å². The molecule has 4 rings (SSSR count). The summed E-state index contributed by atoms with van der Waals surface area (Å²) in [5.41, 5.74) is -0.484. The van der Waals surface area contributed by atoms with Crippen LogP contribution in [-0.2, 0) is 28.8 Å². The van der Waals surface area contributed by atoms with Crippen LogP contribution in [0.3, 0.4) is 0 Å². The molecular formula is C25H32N8O8S4. The van der Waals surface area contributed by atoms with E-state index >= 15 is 0 Å². The average Bonchev–Trinajstić information content (AvgIpc) is 3.68. The van der Waals surface area contributed by atoms with Crippen LogP contribution in [0.1, 0.15) is 39.8 Å². The number of fused-ring (bicyclic) bond motifs is 1. The first-order valence-corrected chi connectivity index (χ1v) is 17.4. The first kappa shape index (κ1) is 34.4. The van der Waals surface area contributed by atoms with Crippen LogP contribution in [0.15, 0.2) is 20.4 Å². The van der Waals surface area contributed by atoms with Gasteiger partial charge in [0.2, 0.25) is 12.3 Å². The topological polar surface area (TPSA) is 214 Å². The van der Waals surface area contributed by atoms with Crippen LogP contribution < -0.4 is 16.0 Å². The third kappa shape index (κ3) is 8.61. The second kappa shape index (κ2) is 14.7. The van der Waals surface area contributed by atoms with Crippen molar-refractivity contribution in [3.63, 3.8) is 0 Å². The zero-order chi connectivity index (χ0) is 32.8. The SMILES string of the molecule is CCC(CNC(=O)OC(C)(C)C)ON=C(C(=O)NC1C(=O)N2CC(CSc3nncs3)(C(=O)O)CS[C@H]12)c1csc(NC=O)n1. The van der Waals surface area contributed by atoms with Crippen LogP contribution >= 0.6 is 46.2 Å². The van der Waals surface area contributed by atoms with E-state index in [-0.39, 0.29) is 41.1 Å². The van der Waals surface area contributed by atoms with Crippen molar-refractivity contribution in [1.82, 2.24) is 30.7 Å². The van der Waals surface area contributed by atoms with Crippen molar-refractivity contribution < 1.29 is 38.7 Å². The largest absolute Gasteiger partial charge is 0.481 e. The number of hydrogen-bond acceptors (Lipinski definition) is 15. The number of amides is 4. The van der Waals surface area contributed by atoms with Crippen molar-refractivity contribution in [2.24, 2.45) is 10.6 Å². The van der Waals surface area contributed by atoms with Crippen molar-refractivity contribution in [2.45, 2.75) is 61.6 Å². The van der Waals surface area contributed by atoms with E-state index in [1.54, 1.807) is 33.2 Å². The molecule has 0 saturated carbocycles. The second-order valence-electron chi connectivity index (χ2n) is 11.0. The smallest absolute Gasteiger partial charge is 0.407 e. The Morgan fingerprint density at radius 1 is 1.33 bits per heavy atom. The van der Waals surface area contributed by atoms with Crippen LogP contribution in [0.5, 0.6) is 0 Å². The lowest BCUT2D eigenvalue weighted by molar-refractivity contribution is -0.157. The molecule has 0 radical (unpaired) electrons. The minimum absolute atomic E-state index is 0.0172. The first-order valence-electron chi connectivity index (χ1n) is 13.6. The third-order valence-corrected chi connectivity index (χ3v) is 11.0. The fourth-order valence-electron chi connectivity index (χ4n) is 4.14. The summed E-state index contributed by atoms with van der Waals surface area (Å²) in [7, 11) is 0. The van der Waals surface area contributed by atoms with Crippen molar-refractivity contribution in [2.75, 3.05) is 29.9 Å². The van der Waals surface area contributed by atoms with Gasteiger partial charge in [-0.05, 0) is 27.2 Å². The number of carboxylic acids is 1. The highest BCUT2D eigenvalue weighted by Gasteiger charge is 2.57. The average molecular weight is 701 g/mol. The molecule has 2 aromatic heterocycles. The summed E-state index contributed by atoms with van der Waals surface area (Å²) in [6.45, 7) is 7.03. The van der Waals surface area contributed by atoms with E-state index in [4.69, 9.17) is 9.57 Å². The number of carbonyl (C=O) groups is 5. The Labute approximate surface area is 274 Å². The van der Waals surface area contributed by atoms with Crippen LogP contribution in [0.2, 0.25) is 0 Å². The van der Waals surface area contributed by atoms with Gasteiger partial charge in [0.15, 0.2) is 15.2 Å². The lowest BCUT2D eigenvalue weighted by Crippen LogP contribution is -2.74. The fourth-order valence-corrected chi connectivity index (χ4v) is 8.14. The molecule has 2 aromatic rings. The standard InChI is InChI=1S/C25H32N8O8S4/c1-5-13(6-26-22(39)40-24(2,3)4)41-32-15(14-7-42-21(29-14)27-11-34)17(35)30-16-18(36)33-8-25(20(37)38,9-43-19(16)33)10-44-23-31-28-12-45-23/h7,11-13,16,19H,5-6,8-10H2,1-4H3,(H,26,39)(H,30,35)(H,37,38)(H,27,29,34)/t13?,16?,19-,25?/m1/s1. The minimum Gasteiger partial charge on any atom is -0.481 e. The lowest BCUT2D eigenvalue weighted by Gasteiger charge is -2.53. The van der Waals surface area contributed by atoms with E-state index in [1.165, 1.54) is 45.1 Å². The molecular weight excluding hydrogens is 669 g/mol. The van der Waals surface area contributed by atoms with Gasteiger partial charge in [0.05, 0.1) is 6.54 Å². The highest BCUT2D eigenvalue weighted by atomic mass is 32.2. The van der Waals surface area contributed by atoms with Gasteiger partial charge in [-0.25, -0.2) is 9.78 Å². The first-order chi connectivity index (χ1) is 21.4. The molecule has 2 aliphatic rings. The Morgan fingerprint density at radius 2 is 2.11 bits per heavy atom. The van der Waals surface area contributed by atoms with Crippen molar-refractivity contribution >= 4 is 87.3 Å². The molecule has 4 N–H and O–H groups in total. The predicted molar refractivity (Wildman–Crippen MR) is 168 cm³/mol. The number of oxime groups is 1. The van der Waals surface area contributed by atoms with Crippen molar-refractivity contribution in [3.8, 4) is 0 Å². The van der Waals surface area contributed by atoms with E-state index in [0.717, 1.165) is 11.3 Å². The number of β-lactam (4-membered cyclic amide) rings is 1. The summed E-state index contributed by atoms with van der Waals surface area (Å²) < 4.78 is 5.87.